The molecule has 0 fully saturated rings. The molecular weight excluding hydrogens is 448 g/mol. The number of fused-ring (bicyclic) bond motifs is 1. The van der Waals surface area contributed by atoms with Crippen LogP contribution in [-0.4, -0.2) is 73.0 Å². The van der Waals surface area contributed by atoms with Crippen molar-refractivity contribution < 1.29 is 17.9 Å². The van der Waals surface area contributed by atoms with Gasteiger partial charge < -0.3 is 20.3 Å². The quantitative estimate of drug-likeness (QED) is 0.449. The minimum absolute atomic E-state index is 0.0839. The van der Waals surface area contributed by atoms with Gasteiger partial charge in [0.05, 0.1) is 19.4 Å². The third-order valence-electron chi connectivity index (χ3n) is 4.92. The molecule has 1 aliphatic heterocycles. The van der Waals surface area contributed by atoms with E-state index in [1.54, 1.807) is 10.9 Å². The Hall–Kier alpha value is -3.19. The molecule has 3 rings (SSSR count). The van der Waals surface area contributed by atoms with Crippen molar-refractivity contribution in [2.45, 2.75) is 33.5 Å². The minimum Gasteiger partial charge on any atom is -0.380 e. The molecule has 1 unspecified atom stereocenters. The number of carbonyl (C=O) groups excluding carboxylic acids is 1. The second-order valence-electron chi connectivity index (χ2n) is 7.60. The van der Waals surface area contributed by atoms with E-state index in [0.29, 0.717) is 43.8 Å². The van der Waals surface area contributed by atoms with E-state index in [-0.39, 0.29) is 11.4 Å². The summed E-state index contributed by atoms with van der Waals surface area (Å²) in [6.45, 7) is 7.70. The summed E-state index contributed by atoms with van der Waals surface area (Å²) in [6.07, 6.45) is 2.08. The van der Waals surface area contributed by atoms with E-state index in [0.717, 1.165) is 11.8 Å². The first kappa shape index (κ1) is 24.5. The number of aryl methyl sites for hydroxylation is 1. The summed E-state index contributed by atoms with van der Waals surface area (Å²) in [5.41, 5.74) is 1.80. The maximum Gasteiger partial charge on any atom is 0.287 e. The standard InChI is InChI=1S/C20H30N8O4S/c1-6-27(4)20-23-15-16(19(29)26-33(5,30)31)25-28(10-11-32-7-2)17(15)18(24-20)22-14-12-13(3)8-9-21-14/h8-9,12,18H,6-7,10-11H2,1-5H3,(H,21,22)(H,23,24)(H,26,29). The Morgan fingerprint density at radius 2 is 2.12 bits per heavy atom. The van der Waals surface area contributed by atoms with Gasteiger partial charge in [-0.3, -0.25) is 9.48 Å². The molecule has 0 saturated carbocycles. The average Bonchev–Trinajstić information content (AvgIpc) is 3.11. The van der Waals surface area contributed by atoms with E-state index in [1.165, 1.54) is 0 Å². The molecule has 12 nitrogen and oxygen atoms in total. The number of hydrogen-bond acceptors (Lipinski definition) is 10. The number of amides is 1. The first-order chi connectivity index (χ1) is 15.6. The molecule has 0 spiro atoms. The first-order valence-electron chi connectivity index (χ1n) is 10.6. The summed E-state index contributed by atoms with van der Waals surface area (Å²) in [5.74, 6) is 0.284. The van der Waals surface area contributed by atoms with E-state index in [1.807, 2.05) is 49.6 Å². The van der Waals surface area contributed by atoms with Gasteiger partial charge in [0.1, 0.15) is 23.4 Å². The van der Waals surface area contributed by atoms with Gasteiger partial charge in [-0.25, -0.2) is 23.1 Å². The molecule has 2 aromatic rings. The molecule has 0 bridgehead atoms. The van der Waals surface area contributed by atoms with Crippen molar-refractivity contribution >= 4 is 33.4 Å². The lowest BCUT2D eigenvalue weighted by Gasteiger charge is -2.31. The summed E-state index contributed by atoms with van der Waals surface area (Å²) in [7, 11) is -1.93. The summed E-state index contributed by atoms with van der Waals surface area (Å²) in [6, 6.07) is 3.79. The van der Waals surface area contributed by atoms with Crippen LogP contribution in [0, 0.1) is 6.92 Å². The van der Waals surface area contributed by atoms with Crippen LogP contribution >= 0.6 is 0 Å². The number of aromatic nitrogens is 3. The number of aliphatic imine (C=N–C) groups is 1. The maximum atomic E-state index is 12.8. The van der Waals surface area contributed by atoms with Crippen LogP contribution in [0.15, 0.2) is 23.3 Å². The topological polar surface area (TPSA) is 143 Å². The van der Waals surface area contributed by atoms with Crippen molar-refractivity contribution in [3.63, 3.8) is 0 Å². The number of hydrogen-bond donors (Lipinski definition) is 3. The van der Waals surface area contributed by atoms with Crippen molar-refractivity contribution in [3.05, 3.63) is 35.3 Å². The molecule has 180 valence electrons. The fourth-order valence-corrected chi connectivity index (χ4v) is 3.68. The zero-order chi connectivity index (χ0) is 24.2. The molecule has 1 aliphatic rings. The SMILES string of the molecule is CCOCCn1nc(C(=O)NS(C)(=O)=O)c2c1C(Nc1cc(C)ccn1)NC(N(C)CC)=N2. The van der Waals surface area contributed by atoms with E-state index in [9.17, 15) is 13.2 Å². The van der Waals surface area contributed by atoms with Crippen molar-refractivity contribution in [1.29, 1.82) is 0 Å². The van der Waals surface area contributed by atoms with Gasteiger partial charge in [0, 0.05) is 26.4 Å². The Labute approximate surface area is 193 Å². The molecule has 0 radical (unpaired) electrons. The third kappa shape index (κ3) is 5.99. The van der Waals surface area contributed by atoms with Crippen LogP contribution in [-0.2, 0) is 21.3 Å². The van der Waals surface area contributed by atoms with Gasteiger partial charge in [-0.15, -0.1) is 0 Å². The minimum atomic E-state index is -3.78. The number of ether oxygens (including phenoxy) is 1. The lowest BCUT2D eigenvalue weighted by atomic mass is 10.2. The molecule has 0 saturated heterocycles. The van der Waals surface area contributed by atoms with Crippen molar-refractivity contribution in [1.82, 2.24) is 29.7 Å². The lowest BCUT2D eigenvalue weighted by Crippen LogP contribution is -2.45. The van der Waals surface area contributed by atoms with Crippen molar-refractivity contribution in [2.75, 3.05) is 38.4 Å². The molecule has 3 N–H and O–H groups in total. The number of guanidine groups is 1. The number of carbonyl (C=O) groups is 1. The zero-order valence-electron chi connectivity index (χ0n) is 19.4. The number of pyridine rings is 1. The smallest absolute Gasteiger partial charge is 0.287 e. The van der Waals surface area contributed by atoms with Gasteiger partial charge in [-0.1, -0.05) is 0 Å². The molecule has 0 aromatic carbocycles. The molecule has 0 aliphatic carbocycles. The third-order valence-corrected chi connectivity index (χ3v) is 5.47. The molecule has 13 heteroatoms. The molecular formula is C20H30N8O4S. The second kappa shape index (κ2) is 10.2. The largest absolute Gasteiger partial charge is 0.380 e. The zero-order valence-corrected chi connectivity index (χ0v) is 20.2. The Morgan fingerprint density at radius 3 is 2.76 bits per heavy atom. The lowest BCUT2D eigenvalue weighted by molar-refractivity contribution is 0.0975. The molecule has 1 amide bonds. The Balaban J connectivity index is 2.12. The van der Waals surface area contributed by atoms with Gasteiger partial charge in [0.25, 0.3) is 5.91 Å². The van der Waals surface area contributed by atoms with Gasteiger partial charge in [-0.2, -0.15) is 5.10 Å². The predicted molar refractivity (Wildman–Crippen MR) is 125 cm³/mol. The maximum absolute atomic E-state index is 12.8. The Bertz CT molecular complexity index is 1140. The number of rotatable bonds is 9. The molecule has 2 aromatic heterocycles. The molecule has 33 heavy (non-hydrogen) atoms. The fraction of sp³-hybridized carbons (Fsp3) is 0.500. The normalized spacial score (nSPS) is 15.3. The van der Waals surface area contributed by atoms with Gasteiger partial charge >= 0.3 is 0 Å². The van der Waals surface area contributed by atoms with Crippen molar-refractivity contribution in [2.24, 2.45) is 4.99 Å². The van der Waals surface area contributed by atoms with Crippen LogP contribution in [0.3, 0.4) is 0 Å². The average molecular weight is 479 g/mol. The van der Waals surface area contributed by atoms with Crippen LogP contribution in [0.2, 0.25) is 0 Å². The van der Waals surface area contributed by atoms with Gasteiger partial charge in [0.15, 0.2) is 5.69 Å². The van der Waals surface area contributed by atoms with E-state index in [2.05, 4.69) is 25.7 Å². The van der Waals surface area contributed by atoms with Crippen LogP contribution < -0.4 is 15.4 Å². The van der Waals surface area contributed by atoms with E-state index >= 15 is 0 Å². The molecule has 1 atom stereocenters. The highest BCUT2D eigenvalue weighted by atomic mass is 32.2. The fourth-order valence-electron chi connectivity index (χ4n) is 3.25. The monoisotopic (exact) mass is 478 g/mol. The number of nitrogens with zero attached hydrogens (tertiary/aromatic N) is 5. The van der Waals surface area contributed by atoms with Crippen molar-refractivity contribution in [3.8, 4) is 0 Å². The highest BCUT2D eigenvalue weighted by Gasteiger charge is 2.34. The van der Waals surface area contributed by atoms with Crippen LogP contribution in [0.1, 0.15) is 41.8 Å². The summed E-state index contributed by atoms with van der Waals surface area (Å²) in [4.78, 5) is 23.7. The Kier molecular flexibility index (Phi) is 7.53. The van der Waals surface area contributed by atoms with E-state index < -0.39 is 22.1 Å². The summed E-state index contributed by atoms with van der Waals surface area (Å²) in [5, 5.41) is 11.1. The van der Waals surface area contributed by atoms with Crippen LogP contribution in [0.25, 0.3) is 0 Å². The van der Waals surface area contributed by atoms with Crippen LogP contribution in [0.5, 0.6) is 0 Å². The second-order valence-corrected chi connectivity index (χ2v) is 9.34. The van der Waals surface area contributed by atoms with E-state index in [4.69, 9.17) is 4.74 Å². The molecule has 3 heterocycles. The Morgan fingerprint density at radius 1 is 1.36 bits per heavy atom. The summed E-state index contributed by atoms with van der Waals surface area (Å²) >= 11 is 0. The first-order valence-corrected chi connectivity index (χ1v) is 12.5. The predicted octanol–water partition coefficient (Wildman–Crippen LogP) is 0.966. The highest BCUT2D eigenvalue weighted by molar-refractivity contribution is 7.89. The number of sulfonamides is 1. The number of nitrogens with one attached hydrogen (secondary N) is 3. The number of anilines is 1. The van der Waals surface area contributed by atoms with Gasteiger partial charge in [0.2, 0.25) is 16.0 Å². The summed E-state index contributed by atoms with van der Waals surface area (Å²) < 4.78 is 32.4. The van der Waals surface area contributed by atoms with Crippen LogP contribution in [0.4, 0.5) is 11.5 Å². The highest BCUT2D eigenvalue weighted by Crippen LogP contribution is 2.34. The van der Waals surface area contributed by atoms with Gasteiger partial charge in [-0.05, 0) is 38.5 Å².